The maximum absolute atomic E-state index is 2.37. The van der Waals surface area contributed by atoms with Crippen LogP contribution in [0.1, 0.15) is 33.1 Å². The molecule has 2 aliphatic rings. The van der Waals surface area contributed by atoms with Gasteiger partial charge in [0.1, 0.15) is 0 Å². The molecule has 0 N–H and O–H groups in total. The number of rotatable bonds is 1. The van der Waals surface area contributed by atoms with Crippen LogP contribution in [0.25, 0.3) is 0 Å². The van der Waals surface area contributed by atoms with Crippen molar-refractivity contribution in [3.05, 3.63) is 23.8 Å². The van der Waals surface area contributed by atoms with Gasteiger partial charge in [0.25, 0.3) is 0 Å². The minimum atomic E-state index is 0.841. The fourth-order valence-corrected chi connectivity index (χ4v) is 2.67. The molecule has 12 heavy (non-hydrogen) atoms. The van der Waals surface area contributed by atoms with Crippen molar-refractivity contribution in [3.8, 4) is 0 Å². The predicted molar refractivity (Wildman–Crippen MR) is 52.9 cm³/mol. The molecule has 66 valence electrons. The van der Waals surface area contributed by atoms with Gasteiger partial charge < -0.3 is 0 Å². The first-order valence-corrected chi connectivity index (χ1v) is 5.15. The largest absolute Gasteiger partial charge is 0.0839 e. The van der Waals surface area contributed by atoms with E-state index in [9.17, 15) is 0 Å². The Morgan fingerprint density at radius 1 is 1.33 bits per heavy atom. The van der Waals surface area contributed by atoms with Gasteiger partial charge in [-0.3, -0.25) is 0 Å². The lowest BCUT2D eigenvalue weighted by molar-refractivity contribution is 0.452. The van der Waals surface area contributed by atoms with Crippen LogP contribution in [-0.2, 0) is 0 Å². The van der Waals surface area contributed by atoms with E-state index < -0.39 is 0 Å². The summed E-state index contributed by atoms with van der Waals surface area (Å²) < 4.78 is 0. The van der Waals surface area contributed by atoms with Gasteiger partial charge in [0.2, 0.25) is 0 Å². The SMILES string of the molecule is CC(C)C1CC[C@H]2CC=CC=C12. The zero-order valence-electron chi connectivity index (χ0n) is 8.09. The Morgan fingerprint density at radius 2 is 2.17 bits per heavy atom. The fraction of sp³-hybridized carbons (Fsp3) is 0.667. The highest BCUT2D eigenvalue weighted by atomic mass is 14.4. The van der Waals surface area contributed by atoms with Crippen LogP contribution in [0.2, 0.25) is 0 Å². The van der Waals surface area contributed by atoms with E-state index >= 15 is 0 Å². The molecular weight excluding hydrogens is 144 g/mol. The summed E-state index contributed by atoms with van der Waals surface area (Å²) in [7, 11) is 0. The molecule has 0 bridgehead atoms. The van der Waals surface area contributed by atoms with Gasteiger partial charge >= 0.3 is 0 Å². The van der Waals surface area contributed by atoms with Crippen LogP contribution < -0.4 is 0 Å². The third-order valence-electron chi connectivity index (χ3n) is 3.38. The van der Waals surface area contributed by atoms with E-state index in [1.807, 2.05) is 0 Å². The molecule has 0 aliphatic heterocycles. The predicted octanol–water partition coefficient (Wildman–Crippen LogP) is 3.55. The quantitative estimate of drug-likeness (QED) is 0.553. The smallest absolute Gasteiger partial charge is 0.0162 e. The zero-order valence-corrected chi connectivity index (χ0v) is 8.09. The Balaban J connectivity index is 2.19. The molecule has 0 aromatic rings. The molecule has 0 aromatic heterocycles. The Bertz CT molecular complexity index is 220. The first-order valence-electron chi connectivity index (χ1n) is 5.15. The molecule has 0 radical (unpaired) electrons. The molecule has 0 saturated heterocycles. The maximum Gasteiger partial charge on any atom is -0.0162 e. The van der Waals surface area contributed by atoms with Crippen molar-refractivity contribution in [2.75, 3.05) is 0 Å². The summed E-state index contributed by atoms with van der Waals surface area (Å²) in [4.78, 5) is 0. The molecule has 2 atom stereocenters. The minimum absolute atomic E-state index is 0.841. The first kappa shape index (κ1) is 8.10. The molecule has 1 saturated carbocycles. The monoisotopic (exact) mass is 162 g/mol. The van der Waals surface area contributed by atoms with E-state index in [0.717, 1.165) is 17.8 Å². The molecule has 0 spiro atoms. The van der Waals surface area contributed by atoms with Gasteiger partial charge in [-0.2, -0.15) is 0 Å². The van der Waals surface area contributed by atoms with Crippen molar-refractivity contribution >= 4 is 0 Å². The van der Waals surface area contributed by atoms with Gasteiger partial charge in [-0.1, -0.05) is 37.6 Å². The molecular formula is C12H18. The number of fused-ring (bicyclic) bond motifs is 1. The van der Waals surface area contributed by atoms with Gasteiger partial charge in [0.05, 0.1) is 0 Å². The molecule has 0 amide bonds. The van der Waals surface area contributed by atoms with Crippen LogP contribution in [0, 0.1) is 17.8 Å². The number of allylic oxidation sites excluding steroid dienone is 4. The van der Waals surface area contributed by atoms with Crippen molar-refractivity contribution in [1.29, 1.82) is 0 Å². The lowest BCUT2D eigenvalue weighted by Gasteiger charge is -2.20. The lowest BCUT2D eigenvalue weighted by Crippen LogP contribution is -2.09. The van der Waals surface area contributed by atoms with E-state index in [1.165, 1.54) is 19.3 Å². The van der Waals surface area contributed by atoms with Crippen molar-refractivity contribution < 1.29 is 0 Å². The van der Waals surface area contributed by atoms with E-state index in [-0.39, 0.29) is 0 Å². The third kappa shape index (κ3) is 1.24. The van der Waals surface area contributed by atoms with E-state index in [2.05, 4.69) is 32.1 Å². The van der Waals surface area contributed by atoms with Gasteiger partial charge in [0, 0.05) is 0 Å². The topological polar surface area (TPSA) is 0 Å². The molecule has 2 aliphatic carbocycles. The summed E-state index contributed by atoms with van der Waals surface area (Å²) in [6.07, 6.45) is 11.1. The van der Waals surface area contributed by atoms with Crippen LogP contribution in [0.4, 0.5) is 0 Å². The first-order chi connectivity index (χ1) is 5.79. The van der Waals surface area contributed by atoms with Gasteiger partial charge in [-0.15, -0.1) is 0 Å². The molecule has 0 heterocycles. The highest BCUT2D eigenvalue weighted by molar-refractivity contribution is 5.26. The Kier molecular flexibility index (Phi) is 2.08. The molecule has 0 nitrogen and oxygen atoms in total. The van der Waals surface area contributed by atoms with Gasteiger partial charge in [-0.25, -0.2) is 0 Å². The Labute approximate surface area is 75.4 Å². The average Bonchev–Trinajstić information content (AvgIpc) is 2.47. The normalized spacial score (nSPS) is 33.8. The Hall–Kier alpha value is -0.520. The van der Waals surface area contributed by atoms with Crippen LogP contribution in [0.5, 0.6) is 0 Å². The summed E-state index contributed by atoms with van der Waals surface area (Å²) in [6, 6.07) is 0. The second-order valence-electron chi connectivity index (χ2n) is 4.46. The molecule has 0 heteroatoms. The summed E-state index contributed by atoms with van der Waals surface area (Å²) in [6.45, 7) is 4.71. The average molecular weight is 162 g/mol. The van der Waals surface area contributed by atoms with Crippen molar-refractivity contribution in [1.82, 2.24) is 0 Å². The zero-order chi connectivity index (χ0) is 8.55. The van der Waals surface area contributed by atoms with Crippen LogP contribution in [0.15, 0.2) is 23.8 Å². The van der Waals surface area contributed by atoms with Gasteiger partial charge in [-0.05, 0) is 37.0 Å². The lowest BCUT2D eigenvalue weighted by atomic mass is 9.85. The van der Waals surface area contributed by atoms with Crippen molar-refractivity contribution in [2.24, 2.45) is 17.8 Å². The molecule has 2 rings (SSSR count). The highest BCUT2D eigenvalue weighted by Gasteiger charge is 2.31. The second-order valence-corrected chi connectivity index (χ2v) is 4.46. The number of hydrogen-bond acceptors (Lipinski definition) is 0. The summed E-state index contributed by atoms with van der Waals surface area (Å²) in [5.74, 6) is 2.63. The third-order valence-corrected chi connectivity index (χ3v) is 3.38. The maximum atomic E-state index is 2.37. The van der Waals surface area contributed by atoms with E-state index in [1.54, 1.807) is 5.57 Å². The van der Waals surface area contributed by atoms with Crippen molar-refractivity contribution in [3.63, 3.8) is 0 Å². The van der Waals surface area contributed by atoms with E-state index in [4.69, 9.17) is 0 Å². The highest BCUT2D eigenvalue weighted by Crippen LogP contribution is 2.43. The van der Waals surface area contributed by atoms with Crippen LogP contribution >= 0.6 is 0 Å². The van der Waals surface area contributed by atoms with Crippen LogP contribution in [-0.4, -0.2) is 0 Å². The summed E-state index contributed by atoms with van der Waals surface area (Å²) in [5, 5.41) is 0. The fourth-order valence-electron chi connectivity index (χ4n) is 2.67. The van der Waals surface area contributed by atoms with Gasteiger partial charge in [0.15, 0.2) is 0 Å². The second kappa shape index (κ2) is 3.08. The Morgan fingerprint density at radius 3 is 2.92 bits per heavy atom. The van der Waals surface area contributed by atoms with E-state index in [0.29, 0.717) is 0 Å². The van der Waals surface area contributed by atoms with Crippen LogP contribution in [0.3, 0.4) is 0 Å². The summed E-state index contributed by atoms with van der Waals surface area (Å²) >= 11 is 0. The number of hydrogen-bond donors (Lipinski definition) is 0. The molecule has 1 fully saturated rings. The minimum Gasteiger partial charge on any atom is -0.0839 e. The molecule has 1 unspecified atom stereocenters. The standard InChI is InChI=1S/C12H18/c1-9(2)11-8-7-10-5-3-4-6-12(10)11/h3-4,6,9-11H,5,7-8H2,1-2H3/t10-,11?/m1/s1. The summed E-state index contributed by atoms with van der Waals surface area (Å²) in [5.41, 5.74) is 1.74. The van der Waals surface area contributed by atoms with Crippen molar-refractivity contribution in [2.45, 2.75) is 33.1 Å². The molecule has 0 aromatic carbocycles.